The van der Waals surface area contributed by atoms with E-state index >= 15 is 0 Å². The third-order valence-corrected chi connectivity index (χ3v) is 2.31. The van der Waals surface area contributed by atoms with Crippen LogP contribution in [0.1, 0.15) is 40.5 Å². The maximum Gasteiger partial charge on any atom is 0.0991 e. The lowest BCUT2D eigenvalue weighted by Crippen LogP contribution is -1.80. The Bertz CT molecular complexity index is 298. The summed E-state index contributed by atoms with van der Waals surface area (Å²) in [5, 5.41) is 8.87. The number of hydrogen-bond acceptors (Lipinski definition) is 1. The van der Waals surface area contributed by atoms with Gasteiger partial charge >= 0.3 is 0 Å². The molecule has 1 nitrogen and oxygen atoms in total. The van der Waals surface area contributed by atoms with Crippen LogP contribution in [-0.2, 0) is 0 Å². The largest absolute Gasteiger partial charge is 0.192 e. The first-order valence-electron chi connectivity index (χ1n) is 5.09. The zero-order chi connectivity index (χ0) is 11.0. The molecule has 0 fully saturated rings. The van der Waals surface area contributed by atoms with Crippen LogP contribution in [0.2, 0.25) is 0 Å². The lowest BCUT2D eigenvalue weighted by Gasteiger charge is -1.95. The molecule has 0 amide bonds. The van der Waals surface area contributed by atoms with E-state index < -0.39 is 0 Å². The lowest BCUT2D eigenvalue weighted by atomic mass is 10.1. The summed E-state index contributed by atoms with van der Waals surface area (Å²) >= 11 is 0. The molecule has 14 heavy (non-hydrogen) atoms. The molecule has 0 radical (unpaired) electrons. The minimum atomic E-state index is 0.785. The van der Waals surface area contributed by atoms with Gasteiger partial charge in [0.15, 0.2) is 0 Å². The quantitative estimate of drug-likeness (QED) is 0.481. The fraction of sp³-hybridized carbons (Fsp3) is 0.462. The van der Waals surface area contributed by atoms with E-state index in [0.717, 1.165) is 24.0 Å². The van der Waals surface area contributed by atoms with Crippen LogP contribution in [0.25, 0.3) is 0 Å². The third-order valence-electron chi connectivity index (χ3n) is 2.31. The highest BCUT2D eigenvalue weighted by molar-refractivity contribution is 5.38. The summed E-state index contributed by atoms with van der Waals surface area (Å²) < 4.78 is 0. The number of allylic oxidation sites excluding steroid dienone is 6. The van der Waals surface area contributed by atoms with E-state index in [1.54, 1.807) is 0 Å². The SMILES string of the molecule is CCC(C)=CC=CC(C#N)=C(C)CC. The number of hydrogen-bond donors (Lipinski definition) is 0. The van der Waals surface area contributed by atoms with Gasteiger partial charge in [0.2, 0.25) is 0 Å². The predicted octanol–water partition coefficient (Wildman–Crippen LogP) is 4.15. The Morgan fingerprint density at radius 3 is 2.29 bits per heavy atom. The van der Waals surface area contributed by atoms with Crippen molar-refractivity contribution < 1.29 is 0 Å². The summed E-state index contributed by atoms with van der Waals surface area (Å²) in [6.45, 7) is 8.28. The highest BCUT2D eigenvalue weighted by Gasteiger charge is 1.93. The van der Waals surface area contributed by atoms with Crippen molar-refractivity contribution in [3.63, 3.8) is 0 Å². The van der Waals surface area contributed by atoms with Crippen LogP contribution >= 0.6 is 0 Å². The number of nitrogens with zero attached hydrogens (tertiary/aromatic N) is 1. The minimum Gasteiger partial charge on any atom is -0.192 e. The maximum absolute atomic E-state index is 8.87. The molecule has 0 aliphatic carbocycles. The maximum atomic E-state index is 8.87. The fourth-order valence-corrected chi connectivity index (χ4v) is 0.892. The Morgan fingerprint density at radius 2 is 1.86 bits per heavy atom. The smallest absolute Gasteiger partial charge is 0.0991 e. The molecular formula is C13H19N. The zero-order valence-corrected chi connectivity index (χ0v) is 9.59. The summed E-state index contributed by atoms with van der Waals surface area (Å²) in [6, 6.07) is 2.21. The Morgan fingerprint density at radius 1 is 1.21 bits per heavy atom. The van der Waals surface area contributed by atoms with Crippen molar-refractivity contribution in [3.05, 3.63) is 34.9 Å². The Hall–Kier alpha value is -1.29. The van der Waals surface area contributed by atoms with Crippen molar-refractivity contribution in [1.82, 2.24) is 0 Å². The highest BCUT2D eigenvalue weighted by atomic mass is 14.2. The van der Waals surface area contributed by atoms with E-state index in [1.807, 2.05) is 19.1 Å². The van der Waals surface area contributed by atoms with Gasteiger partial charge in [0.05, 0.1) is 11.6 Å². The van der Waals surface area contributed by atoms with Gasteiger partial charge < -0.3 is 0 Å². The van der Waals surface area contributed by atoms with Crippen molar-refractivity contribution in [2.45, 2.75) is 40.5 Å². The first-order chi connectivity index (χ1) is 6.65. The Labute approximate surface area is 87.4 Å². The Kier molecular flexibility index (Phi) is 6.49. The van der Waals surface area contributed by atoms with Crippen LogP contribution in [0.15, 0.2) is 34.9 Å². The minimum absolute atomic E-state index is 0.785. The van der Waals surface area contributed by atoms with Gasteiger partial charge in [-0.05, 0) is 32.8 Å². The van der Waals surface area contributed by atoms with Crippen LogP contribution in [0.3, 0.4) is 0 Å². The highest BCUT2D eigenvalue weighted by Crippen LogP contribution is 2.08. The second-order valence-electron chi connectivity index (χ2n) is 3.39. The zero-order valence-electron chi connectivity index (χ0n) is 9.59. The molecule has 0 unspecified atom stereocenters. The van der Waals surface area contributed by atoms with Crippen molar-refractivity contribution in [2.75, 3.05) is 0 Å². The van der Waals surface area contributed by atoms with Gasteiger partial charge in [0.1, 0.15) is 0 Å². The van der Waals surface area contributed by atoms with Gasteiger partial charge in [-0.2, -0.15) is 5.26 Å². The van der Waals surface area contributed by atoms with E-state index in [2.05, 4.69) is 32.9 Å². The molecule has 0 bridgehead atoms. The van der Waals surface area contributed by atoms with Gasteiger partial charge in [-0.25, -0.2) is 0 Å². The van der Waals surface area contributed by atoms with Crippen LogP contribution in [0, 0.1) is 11.3 Å². The second kappa shape index (κ2) is 7.15. The first-order valence-corrected chi connectivity index (χ1v) is 5.09. The van der Waals surface area contributed by atoms with Crippen LogP contribution in [0.4, 0.5) is 0 Å². The van der Waals surface area contributed by atoms with E-state index in [4.69, 9.17) is 5.26 Å². The fourth-order valence-electron chi connectivity index (χ4n) is 0.892. The third kappa shape index (κ3) is 4.67. The standard InChI is InChI=1S/C13H19N/c1-5-11(3)8-7-9-13(10-14)12(4)6-2/h7-9H,5-6H2,1-4H3. The molecule has 0 heterocycles. The van der Waals surface area contributed by atoms with Crippen molar-refractivity contribution >= 4 is 0 Å². The monoisotopic (exact) mass is 189 g/mol. The molecule has 0 aromatic carbocycles. The average Bonchev–Trinajstić information content (AvgIpc) is 2.22. The summed E-state index contributed by atoms with van der Waals surface area (Å²) in [4.78, 5) is 0. The molecule has 0 aromatic rings. The summed E-state index contributed by atoms with van der Waals surface area (Å²) in [5.41, 5.74) is 3.26. The van der Waals surface area contributed by atoms with E-state index in [-0.39, 0.29) is 0 Å². The normalized spacial score (nSPS) is 14.1. The van der Waals surface area contributed by atoms with Crippen molar-refractivity contribution in [2.24, 2.45) is 0 Å². The molecule has 0 saturated carbocycles. The molecule has 0 aromatic heterocycles. The summed E-state index contributed by atoms with van der Waals surface area (Å²) in [6.07, 6.45) is 7.89. The van der Waals surface area contributed by atoms with Gasteiger partial charge in [0, 0.05) is 0 Å². The number of rotatable bonds is 4. The van der Waals surface area contributed by atoms with Crippen LogP contribution in [0.5, 0.6) is 0 Å². The molecule has 0 aliphatic rings. The van der Waals surface area contributed by atoms with Gasteiger partial charge in [-0.15, -0.1) is 0 Å². The topological polar surface area (TPSA) is 23.8 Å². The molecule has 0 spiro atoms. The average molecular weight is 189 g/mol. The molecule has 0 aliphatic heterocycles. The van der Waals surface area contributed by atoms with Crippen molar-refractivity contribution in [3.8, 4) is 6.07 Å². The van der Waals surface area contributed by atoms with E-state index in [1.165, 1.54) is 5.57 Å². The molecule has 1 heteroatoms. The van der Waals surface area contributed by atoms with E-state index in [9.17, 15) is 0 Å². The molecule has 0 rings (SSSR count). The van der Waals surface area contributed by atoms with Crippen molar-refractivity contribution in [1.29, 1.82) is 5.26 Å². The first kappa shape index (κ1) is 12.7. The Balaban J connectivity index is 4.59. The molecule has 0 N–H and O–H groups in total. The summed E-state index contributed by atoms with van der Waals surface area (Å²) in [5.74, 6) is 0. The second-order valence-corrected chi connectivity index (χ2v) is 3.39. The van der Waals surface area contributed by atoms with Gasteiger partial charge in [-0.3, -0.25) is 0 Å². The number of nitriles is 1. The molecule has 0 atom stereocenters. The molecular weight excluding hydrogens is 170 g/mol. The van der Waals surface area contributed by atoms with E-state index in [0.29, 0.717) is 0 Å². The molecule has 76 valence electrons. The van der Waals surface area contributed by atoms with Crippen LogP contribution in [-0.4, -0.2) is 0 Å². The lowest BCUT2D eigenvalue weighted by molar-refractivity contribution is 1.08. The predicted molar refractivity (Wildman–Crippen MR) is 61.8 cm³/mol. The summed E-state index contributed by atoms with van der Waals surface area (Å²) in [7, 11) is 0. The van der Waals surface area contributed by atoms with Gasteiger partial charge in [-0.1, -0.05) is 37.1 Å². The molecule has 0 saturated heterocycles. The van der Waals surface area contributed by atoms with Gasteiger partial charge in [0.25, 0.3) is 0 Å². The van der Waals surface area contributed by atoms with Crippen LogP contribution < -0.4 is 0 Å².